The van der Waals surface area contributed by atoms with Gasteiger partial charge >= 0.3 is 0 Å². The van der Waals surface area contributed by atoms with E-state index < -0.39 is 20.0 Å². The molecule has 0 aliphatic rings. The van der Waals surface area contributed by atoms with Crippen LogP contribution in [0.4, 0.5) is 11.4 Å². The van der Waals surface area contributed by atoms with Crippen LogP contribution in [0.3, 0.4) is 0 Å². The zero-order valence-corrected chi connectivity index (χ0v) is 24.4. The van der Waals surface area contributed by atoms with Crippen LogP contribution in [0.2, 0.25) is 0 Å². The van der Waals surface area contributed by atoms with E-state index in [4.69, 9.17) is 9.47 Å². The smallest absolute Gasteiger partial charge is 0.261 e. The molecule has 0 aliphatic heterocycles. The summed E-state index contributed by atoms with van der Waals surface area (Å²) in [5.41, 5.74) is 2.76. The summed E-state index contributed by atoms with van der Waals surface area (Å²) >= 11 is 0. The maximum atomic E-state index is 12.6. The van der Waals surface area contributed by atoms with Crippen molar-refractivity contribution in [3.05, 3.63) is 132 Å². The normalized spacial score (nSPS) is 11.5. The fourth-order valence-electron chi connectivity index (χ4n) is 3.92. The molecule has 5 aromatic rings. The first kappa shape index (κ1) is 28.7. The van der Waals surface area contributed by atoms with Gasteiger partial charge < -0.3 is 9.47 Å². The van der Waals surface area contributed by atoms with E-state index in [9.17, 15) is 16.8 Å². The standard InChI is InChI=1S/C32H28N2O6S2/c1-23-6-18-31(19-7-23)41(35,36)33-25-10-14-27(15-11-25)39-29-4-3-5-30(22-29)40-28-16-12-26(13-17-28)34-42(37,38)32-20-8-24(2)9-21-32/h3-22,33-34H,1-2H3. The number of rotatable bonds is 10. The van der Waals surface area contributed by atoms with Crippen LogP contribution in [0.15, 0.2) is 131 Å². The number of hydrogen-bond donors (Lipinski definition) is 2. The number of benzene rings is 5. The van der Waals surface area contributed by atoms with E-state index in [0.717, 1.165) is 11.1 Å². The quantitative estimate of drug-likeness (QED) is 0.172. The largest absolute Gasteiger partial charge is 0.457 e. The fraction of sp³-hybridized carbons (Fsp3) is 0.0625. The van der Waals surface area contributed by atoms with Crippen molar-refractivity contribution < 1.29 is 26.3 Å². The van der Waals surface area contributed by atoms with Crippen LogP contribution in [0.5, 0.6) is 23.0 Å². The van der Waals surface area contributed by atoms with Crippen molar-refractivity contribution in [1.82, 2.24) is 0 Å². The minimum absolute atomic E-state index is 0.184. The van der Waals surface area contributed by atoms with Gasteiger partial charge in [-0.15, -0.1) is 0 Å². The first-order valence-corrected chi connectivity index (χ1v) is 15.9. The SMILES string of the molecule is Cc1ccc(S(=O)(=O)Nc2ccc(Oc3cccc(Oc4ccc(NS(=O)(=O)c5ccc(C)cc5)cc4)c3)cc2)cc1. The van der Waals surface area contributed by atoms with E-state index in [0.29, 0.717) is 34.4 Å². The van der Waals surface area contributed by atoms with Crippen molar-refractivity contribution in [3.63, 3.8) is 0 Å². The maximum Gasteiger partial charge on any atom is 0.261 e. The molecular formula is C32H28N2O6S2. The molecule has 0 heterocycles. The molecule has 0 bridgehead atoms. The summed E-state index contributed by atoms with van der Waals surface area (Å²) in [5, 5.41) is 0. The molecule has 0 fully saturated rings. The Hall–Kier alpha value is -4.80. The lowest BCUT2D eigenvalue weighted by molar-refractivity contribution is 0.460. The lowest BCUT2D eigenvalue weighted by Gasteiger charge is -2.12. The number of aryl methyl sites for hydroxylation is 2. The van der Waals surface area contributed by atoms with Crippen molar-refractivity contribution in [1.29, 1.82) is 0 Å². The highest BCUT2D eigenvalue weighted by Crippen LogP contribution is 2.30. The molecule has 0 atom stereocenters. The third-order valence-electron chi connectivity index (χ3n) is 6.15. The predicted octanol–water partition coefficient (Wildman–Crippen LogP) is 7.49. The summed E-state index contributed by atoms with van der Waals surface area (Å²) in [6, 6.07) is 33.4. The highest BCUT2D eigenvalue weighted by atomic mass is 32.2. The van der Waals surface area contributed by atoms with Gasteiger partial charge in [0, 0.05) is 17.4 Å². The van der Waals surface area contributed by atoms with Crippen LogP contribution in [0.25, 0.3) is 0 Å². The lowest BCUT2D eigenvalue weighted by atomic mass is 10.2. The van der Waals surface area contributed by atoms with Gasteiger partial charge in [-0.05, 0) is 98.8 Å². The van der Waals surface area contributed by atoms with E-state index in [-0.39, 0.29) is 9.79 Å². The first-order valence-electron chi connectivity index (χ1n) is 12.9. The van der Waals surface area contributed by atoms with Crippen LogP contribution < -0.4 is 18.9 Å². The summed E-state index contributed by atoms with van der Waals surface area (Å²) in [5.74, 6) is 2.05. The van der Waals surface area contributed by atoms with Crippen LogP contribution >= 0.6 is 0 Å². The second kappa shape index (κ2) is 12.0. The second-order valence-corrected chi connectivity index (χ2v) is 12.9. The van der Waals surface area contributed by atoms with Crippen LogP contribution in [0, 0.1) is 13.8 Å². The number of hydrogen-bond acceptors (Lipinski definition) is 6. The molecule has 0 unspecified atom stereocenters. The van der Waals surface area contributed by atoms with Gasteiger partial charge in [0.25, 0.3) is 20.0 Å². The van der Waals surface area contributed by atoms with Gasteiger partial charge in [-0.1, -0.05) is 41.5 Å². The molecule has 42 heavy (non-hydrogen) atoms. The van der Waals surface area contributed by atoms with Crippen LogP contribution in [-0.2, 0) is 20.0 Å². The third kappa shape index (κ3) is 7.28. The Bertz CT molecular complexity index is 1750. The van der Waals surface area contributed by atoms with Crippen LogP contribution in [0.1, 0.15) is 11.1 Å². The zero-order chi connectivity index (χ0) is 29.7. The molecule has 2 N–H and O–H groups in total. The van der Waals surface area contributed by atoms with Crippen molar-refractivity contribution in [2.24, 2.45) is 0 Å². The molecule has 0 aromatic heterocycles. The van der Waals surface area contributed by atoms with E-state index in [1.165, 1.54) is 0 Å². The van der Waals surface area contributed by atoms with Crippen molar-refractivity contribution in [2.75, 3.05) is 9.44 Å². The highest BCUT2D eigenvalue weighted by Gasteiger charge is 2.15. The Morgan fingerprint density at radius 1 is 0.452 bits per heavy atom. The minimum Gasteiger partial charge on any atom is -0.457 e. The van der Waals surface area contributed by atoms with Crippen molar-refractivity contribution in [3.8, 4) is 23.0 Å². The lowest BCUT2D eigenvalue weighted by Crippen LogP contribution is -2.12. The molecule has 0 aliphatic carbocycles. The van der Waals surface area contributed by atoms with E-state index in [1.807, 2.05) is 13.8 Å². The minimum atomic E-state index is -3.70. The summed E-state index contributed by atoms with van der Waals surface area (Å²) in [4.78, 5) is 0.367. The molecule has 5 rings (SSSR count). The first-order chi connectivity index (χ1) is 20.1. The van der Waals surface area contributed by atoms with Gasteiger partial charge in [-0.25, -0.2) is 16.8 Å². The van der Waals surface area contributed by atoms with E-state index in [2.05, 4.69) is 9.44 Å². The molecule has 0 saturated heterocycles. The predicted molar refractivity (Wildman–Crippen MR) is 163 cm³/mol. The highest BCUT2D eigenvalue weighted by molar-refractivity contribution is 7.93. The zero-order valence-electron chi connectivity index (χ0n) is 22.8. The van der Waals surface area contributed by atoms with Gasteiger partial charge in [0.15, 0.2) is 0 Å². The van der Waals surface area contributed by atoms with Gasteiger partial charge in [-0.3, -0.25) is 9.44 Å². The third-order valence-corrected chi connectivity index (χ3v) is 8.95. The van der Waals surface area contributed by atoms with Gasteiger partial charge in [0.2, 0.25) is 0 Å². The van der Waals surface area contributed by atoms with Gasteiger partial charge in [0.1, 0.15) is 23.0 Å². The summed E-state index contributed by atoms with van der Waals surface area (Å²) in [7, 11) is -7.41. The molecule has 8 nitrogen and oxygen atoms in total. The second-order valence-electron chi connectivity index (χ2n) is 9.56. The van der Waals surface area contributed by atoms with Crippen molar-refractivity contribution in [2.45, 2.75) is 23.6 Å². The molecule has 214 valence electrons. The summed E-state index contributed by atoms with van der Waals surface area (Å²) < 4.78 is 67.5. The van der Waals surface area contributed by atoms with Gasteiger partial charge in [-0.2, -0.15) is 0 Å². The molecule has 5 aromatic carbocycles. The van der Waals surface area contributed by atoms with E-state index in [1.54, 1.807) is 121 Å². The summed E-state index contributed by atoms with van der Waals surface area (Å²) in [6.45, 7) is 3.79. The molecule has 10 heteroatoms. The Balaban J connectivity index is 1.20. The van der Waals surface area contributed by atoms with Crippen LogP contribution in [-0.4, -0.2) is 16.8 Å². The maximum absolute atomic E-state index is 12.6. The van der Waals surface area contributed by atoms with Gasteiger partial charge in [0.05, 0.1) is 9.79 Å². The molecule has 0 spiro atoms. The average molecular weight is 601 g/mol. The molecule has 0 radical (unpaired) electrons. The molecule has 0 saturated carbocycles. The van der Waals surface area contributed by atoms with Crippen molar-refractivity contribution >= 4 is 31.4 Å². The number of nitrogens with one attached hydrogen (secondary N) is 2. The van der Waals surface area contributed by atoms with E-state index >= 15 is 0 Å². The number of ether oxygens (including phenoxy) is 2. The fourth-order valence-corrected chi connectivity index (χ4v) is 6.04. The Kier molecular flexibility index (Phi) is 8.19. The Labute approximate surface area is 245 Å². The summed E-state index contributed by atoms with van der Waals surface area (Å²) in [6.07, 6.45) is 0. The topological polar surface area (TPSA) is 111 Å². The average Bonchev–Trinajstić information content (AvgIpc) is 2.96. The Morgan fingerprint density at radius 2 is 0.810 bits per heavy atom. The Morgan fingerprint density at radius 3 is 1.17 bits per heavy atom. The monoisotopic (exact) mass is 600 g/mol. The number of anilines is 2. The molecule has 0 amide bonds. The molecular weight excluding hydrogens is 572 g/mol. The number of sulfonamides is 2.